The zero-order chi connectivity index (χ0) is 19.1. The molecule has 140 valence electrons. The normalized spacial score (nSPS) is 21.9. The molecular weight excluding hydrogens is 474 g/mol. The molecule has 0 amide bonds. The van der Waals surface area contributed by atoms with Gasteiger partial charge < -0.3 is 13.8 Å². The highest BCUT2D eigenvalue weighted by Crippen LogP contribution is 2.65. The number of fused-ring (bicyclic) bond motifs is 1. The van der Waals surface area contributed by atoms with Crippen LogP contribution in [0, 0.1) is 8.99 Å². The third kappa shape index (κ3) is 3.92. The maximum absolute atomic E-state index is 13.7. The maximum atomic E-state index is 13.7. The molecule has 2 aliphatic heterocycles. The van der Waals surface area contributed by atoms with Gasteiger partial charge in [-0.05, 0) is 58.5 Å². The number of hydrogen-bond acceptors (Lipinski definition) is 4. The second-order valence-electron chi connectivity index (χ2n) is 7.40. The maximum Gasteiger partial charge on any atom is 0.365 e. The largest absolute Gasteiger partial charge is 0.456 e. The SMILES string of the molecule is CC1(C)COP(=O)(/C(=C2/C=Cc3cc(I)ccc3O2)c2ccccc2)OC1. The van der Waals surface area contributed by atoms with Gasteiger partial charge in [-0.1, -0.05) is 44.2 Å². The molecule has 2 aromatic carbocycles. The van der Waals surface area contributed by atoms with Crippen LogP contribution in [0.2, 0.25) is 0 Å². The van der Waals surface area contributed by atoms with Crippen LogP contribution in [0.4, 0.5) is 0 Å². The molecule has 6 heteroatoms. The van der Waals surface area contributed by atoms with E-state index in [0.717, 1.165) is 20.4 Å². The summed E-state index contributed by atoms with van der Waals surface area (Å²) in [4.78, 5) is 0. The monoisotopic (exact) mass is 494 g/mol. The highest BCUT2D eigenvalue weighted by atomic mass is 127. The molecule has 1 fully saturated rings. The second-order valence-corrected chi connectivity index (χ2v) is 10.6. The first-order valence-corrected chi connectivity index (χ1v) is 11.3. The lowest BCUT2D eigenvalue weighted by molar-refractivity contribution is 0.0466. The molecule has 4 nitrogen and oxygen atoms in total. The van der Waals surface area contributed by atoms with E-state index in [4.69, 9.17) is 13.8 Å². The first kappa shape index (κ1) is 18.9. The van der Waals surface area contributed by atoms with E-state index in [1.807, 2.05) is 74.5 Å². The van der Waals surface area contributed by atoms with Crippen molar-refractivity contribution in [3.63, 3.8) is 0 Å². The van der Waals surface area contributed by atoms with Gasteiger partial charge in [-0.25, -0.2) is 0 Å². The standard InChI is InChI=1S/C21H20IO4P/c1-21(2)13-24-27(23,25-14-21)20(15-6-4-3-5-7-15)19-10-8-16-12-17(22)9-11-18(16)26-19/h3-12H,13-14H2,1-2H3/b20-19-. The van der Waals surface area contributed by atoms with Gasteiger partial charge in [-0.2, -0.15) is 0 Å². The van der Waals surface area contributed by atoms with Crippen LogP contribution < -0.4 is 4.74 Å². The molecule has 0 aromatic heterocycles. The summed E-state index contributed by atoms with van der Waals surface area (Å²) in [6.45, 7) is 4.79. The smallest absolute Gasteiger partial charge is 0.365 e. The van der Waals surface area contributed by atoms with Crippen molar-refractivity contribution in [1.82, 2.24) is 0 Å². The van der Waals surface area contributed by atoms with E-state index in [1.54, 1.807) is 0 Å². The Hall–Kier alpha value is -1.40. The van der Waals surface area contributed by atoms with Crippen molar-refractivity contribution in [1.29, 1.82) is 0 Å². The molecular formula is C21H20IO4P. The van der Waals surface area contributed by atoms with Crippen molar-refractivity contribution in [2.75, 3.05) is 13.2 Å². The Morgan fingerprint density at radius 1 is 1.04 bits per heavy atom. The number of hydrogen-bond donors (Lipinski definition) is 0. The summed E-state index contributed by atoms with van der Waals surface area (Å²) in [6.07, 6.45) is 3.81. The van der Waals surface area contributed by atoms with Crippen LogP contribution in [0.15, 0.2) is 60.4 Å². The zero-order valence-corrected chi connectivity index (χ0v) is 18.2. The molecule has 2 heterocycles. The van der Waals surface area contributed by atoms with E-state index < -0.39 is 7.60 Å². The number of ether oxygens (including phenoxy) is 1. The lowest BCUT2D eigenvalue weighted by Gasteiger charge is -2.35. The average molecular weight is 494 g/mol. The third-order valence-electron chi connectivity index (χ3n) is 4.41. The van der Waals surface area contributed by atoms with Gasteiger partial charge in [0.15, 0.2) is 0 Å². The fourth-order valence-corrected chi connectivity index (χ4v) is 5.69. The molecule has 0 aliphatic carbocycles. The summed E-state index contributed by atoms with van der Waals surface area (Å²) in [6, 6.07) is 15.5. The van der Waals surface area contributed by atoms with Crippen molar-refractivity contribution in [2.24, 2.45) is 5.41 Å². The van der Waals surface area contributed by atoms with E-state index >= 15 is 0 Å². The number of allylic oxidation sites excluding steroid dienone is 1. The summed E-state index contributed by atoms with van der Waals surface area (Å²) in [7, 11) is -3.51. The quantitative estimate of drug-likeness (QED) is 0.362. The zero-order valence-electron chi connectivity index (χ0n) is 15.1. The summed E-state index contributed by atoms with van der Waals surface area (Å²) >= 11 is 2.27. The van der Waals surface area contributed by atoms with Crippen LogP contribution in [0.25, 0.3) is 11.4 Å². The number of benzene rings is 2. The van der Waals surface area contributed by atoms with Crippen LogP contribution in [0.1, 0.15) is 25.0 Å². The highest BCUT2D eigenvalue weighted by Gasteiger charge is 2.42. The van der Waals surface area contributed by atoms with E-state index in [2.05, 4.69) is 22.6 Å². The van der Waals surface area contributed by atoms with Crippen molar-refractivity contribution in [3.05, 3.63) is 75.1 Å². The molecule has 0 radical (unpaired) electrons. The van der Waals surface area contributed by atoms with Crippen LogP contribution in [0.5, 0.6) is 5.75 Å². The van der Waals surface area contributed by atoms with Crippen molar-refractivity contribution in [3.8, 4) is 5.75 Å². The first-order chi connectivity index (χ1) is 12.9. The molecule has 27 heavy (non-hydrogen) atoms. The third-order valence-corrected chi connectivity index (χ3v) is 7.05. The van der Waals surface area contributed by atoms with Gasteiger partial charge in [0.05, 0.1) is 13.2 Å². The summed E-state index contributed by atoms with van der Waals surface area (Å²) < 4.78 is 32.6. The van der Waals surface area contributed by atoms with E-state index in [0.29, 0.717) is 24.3 Å². The molecule has 0 saturated carbocycles. The average Bonchev–Trinajstić information content (AvgIpc) is 2.66. The second kappa shape index (κ2) is 7.21. The minimum Gasteiger partial charge on any atom is -0.456 e. The van der Waals surface area contributed by atoms with Gasteiger partial charge in [0.25, 0.3) is 0 Å². The highest BCUT2D eigenvalue weighted by molar-refractivity contribution is 14.1. The van der Waals surface area contributed by atoms with Gasteiger partial charge in [0.2, 0.25) is 0 Å². The molecule has 0 bridgehead atoms. The Balaban J connectivity index is 1.82. The number of rotatable bonds is 2. The minimum atomic E-state index is -3.51. The molecule has 2 aliphatic rings. The summed E-state index contributed by atoms with van der Waals surface area (Å²) in [5, 5.41) is 0.471. The molecule has 0 unspecified atom stereocenters. The fraction of sp³-hybridized carbons (Fsp3) is 0.238. The Kier molecular flexibility index (Phi) is 5.06. The lowest BCUT2D eigenvalue weighted by Crippen LogP contribution is -2.29. The first-order valence-electron chi connectivity index (χ1n) is 8.71. The van der Waals surface area contributed by atoms with Gasteiger partial charge in [0.1, 0.15) is 16.8 Å². The Morgan fingerprint density at radius 3 is 2.44 bits per heavy atom. The van der Waals surface area contributed by atoms with Gasteiger partial charge >= 0.3 is 7.60 Å². The Morgan fingerprint density at radius 2 is 1.74 bits per heavy atom. The van der Waals surface area contributed by atoms with Crippen molar-refractivity contribution < 1.29 is 18.3 Å². The van der Waals surface area contributed by atoms with Crippen LogP contribution in [0.3, 0.4) is 0 Å². The van der Waals surface area contributed by atoms with Crippen molar-refractivity contribution in [2.45, 2.75) is 13.8 Å². The van der Waals surface area contributed by atoms with E-state index in [1.165, 1.54) is 0 Å². The molecule has 4 rings (SSSR count). The molecule has 2 aromatic rings. The van der Waals surface area contributed by atoms with E-state index in [-0.39, 0.29) is 5.41 Å². The predicted octanol–water partition coefficient (Wildman–Crippen LogP) is 6.33. The minimum absolute atomic E-state index is 0.174. The van der Waals surface area contributed by atoms with Crippen molar-refractivity contribution >= 4 is 41.6 Å². The van der Waals surface area contributed by atoms with Gasteiger partial charge in [-0.15, -0.1) is 0 Å². The topological polar surface area (TPSA) is 44.8 Å². The van der Waals surface area contributed by atoms with E-state index in [9.17, 15) is 4.57 Å². The van der Waals surface area contributed by atoms with Gasteiger partial charge in [0, 0.05) is 14.5 Å². The Labute approximate surface area is 172 Å². The van der Waals surface area contributed by atoms with Crippen LogP contribution in [-0.2, 0) is 13.6 Å². The molecule has 0 spiro atoms. The predicted molar refractivity (Wildman–Crippen MR) is 115 cm³/mol. The van der Waals surface area contributed by atoms with Crippen LogP contribution >= 0.6 is 30.2 Å². The molecule has 0 atom stereocenters. The lowest BCUT2D eigenvalue weighted by atomic mass is 9.97. The van der Waals surface area contributed by atoms with Gasteiger partial charge in [-0.3, -0.25) is 4.57 Å². The summed E-state index contributed by atoms with van der Waals surface area (Å²) in [5.74, 6) is 1.23. The Bertz CT molecular complexity index is 965. The summed E-state index contributed by atoms with van der Waals surface area (Å²) in [5.41, 5.74) is 1.59. The molecule has 0 N–H and O–H groups in total. The fourth-order valence-electron chi connectivity index (χ4n) is 2.95. The van der Waals surface area contributed by atoms with Crippen LogP contribution in [-0.4, -0.2) is 13.2 Å². The number of halogens is 1. The molecule has 1 saturated heterocycles.